The third-order valence-electron chi connectivity index (χ3n) is 7.59. The van der Waals surface area contributed by atoms with Gasteiger partial charge < -0.3 is 15.1 Å². The highest BCUT2D eigenvalue weighted by Gasteiger charge is 2.38. The van der Waals surface area contributed by atoms with Crippen molar-refractivity contribution in [2.45, 2.75) is 39.2 Å². The van der Waals surface area contributed by atoms with Gasteiger partial charge in [-0.15, -0.1) is 0 Å². The molecule has 2 aliphatic heterocycles. The summed E-state index contributed by atoms with van der Waals surface area (Å²) in [6.45, 7) is 5.14. The lowest BCUT2D eigenvalue weighted by Crippen LogP contribution is -2.53. The molecule has 2 N–H and O–H groups in total. The molecule has 3 aromatic rings. The van der Waals surface area contributed by atoms with Crippen LogP contribution >= 0.6 is 0 Å². The van der Waals surface area contributed by atoms with Crippen LogP contribution in [0.1, 0.15) is 46.0 Å². The van der Waals surface area contributed by atoms with Crippen molar-refractivity contribution in [3.05, 3.63) is 70.3 Å². The summed E-state index contributed by atoms with van der Waals surface area (Å²) < 4.78 is 81.3. The number of rotatable bonds is 5. The normalized spacial score (nSPS) is 16.5. The lowest BCUT2D eigenvalue weighted by Gasteiger charge is -2.35. The summed E-state index contributed by atoms with van der Waals surface area (Å²) in [5.74, 6) is -0.245. The Labute approximate surface area is 255 Å². The fourth-order valence-corrected chi connectivity index (χ4v) is 5.41. The van der Waals surface area contributed by atoms with E-state index in [0.29, 0.717) is 68.5 Å². The molecule has 0 saturated carbocycles. The number of alkyl halides is 6. The maximum atomic E-state index is 14.2. The number of benzene rings is 2. The van der Waals surface area contributed by atoms with E-state index in [1.807, 2.05) is 24.0 Å². The highest BCUT2D eigenvalue weighted by molar-refractivity contribution is 6.05. The van der Waals surface area contributed by atoms with E-state index in [0.717, 1.165) is 5.56 Å². The summed E-state index contributed by atoms with van der Waals surface area (Å²) in [4.78, 5) is 38.3. The van der Waals surface area contributed by atoms with Gasteiger partial charge in [-0.3, -0.25) is 15.0 Å². The number of halogens is 6. The molecule has 15 heteroatoms. The summed E-state index contributed by atoms with van der Waals surface area (Å²) in [6.07, 6.45) is -9.66. The van der Waals surface area contributed by atoms with Crippen LogP contribution in [0.25, 0.3) is 11.3 Å². The molecule has 5 rings (SSSR count). The molecule has 1 saturated heterocycles. The van der Waals surface area contributed by atoms with Gasteiger partial charge in [0.25, 0.3) is 5.91 Å². The van der Waals surface area contributed by atoms with Crippen molar-refractivity contribution >= 4 is 23.6 Å². The van der Waals surface area contributed by atoms with Crippen molar-refractivity contribution in [2.24, 2.45) is 0 Å². The van der Waals surface area contributed by atoms with Crippen molar-refractivity contribution < 1.29 is 35.9 Å². The Bertz CT molecular complexity index is 1550. The fraction of sp³-hybridized carbons (Fsp3) is 0.400. The van der Waals surface area contributed by atoms with Gasteiger partial charge in [0.1, 0.15) is 11.4 Å². The van der Waals surface area contributed by atoms with Crippen LogP contribution in [0.3, 0.4) is 0 Å². The van der Waals surface area contributed by atoms with Crippen LogP contribution in [0, 0.1) is 6.92 Å². The van der Waals surface area contributed by atoms with E-state index < -0.39 is 35.9 Å². The van der Waals surface area contributed by atoms with Gasteiger partial charge in [0.05, 0.1) is 16.8 Å². The Morgan fingerprint density at radius 2 is 1.58 bits per heavy atom. The molecule has 0 unspecified atom stereocenters. The van der Waals surface area contributed by atoms with Crippen molar-refractivity contribution in [2.75, 3.05) is 49.5 Å². The summed E-state index contributed by atoms with van der Waals surface area (Å²) in [6, 6.07) is 8.59. The van der Waals surface area contributed by atoms with E-state index in [9.17, 15) is 35.9 Å². The minimum absolute atomic E-state index is 0.0691. The highest BCUT2D eigenvalue weighted by atomic mass is 19.4. The lowest BCUT2D eigenvalue weighted by atomic mass is 9.99. The molecule has 240 valence electrons. The molecule has 0 atom stereocenters. The Morgan fingerprint density at radius 3 is 2.18 bits per heavy atom. The number of anilines is 2. The van der Waals surface area contributed by atoms with Gasteiger partial charge in [0.2, 0.25) is 11.9 Å². The molecule has 2 aromatic carbocycles. The van der Waals surface area contributed by atoms with E-state index >= 15 is 0 Å². The van der Waals surface area contributed by atoms with Crippen LogP contribution in [0.5, 0.6) is 0 Å². The fourth-order valence-electron chi connectivity index (χ4n) is 5.41. The number of nitrogens with one attached hydrogen (secondary N) is 2. The number of hydrogen-bond acceptors (Lipinski definition) is 7. The summed E-state index contributed by atoms with van der Waals surface area (Å²) >= 11 is 0. The van der Waals surface area contributed by atoms with Crippen molar-refractivity contribution in [3.63, 3.8) is 0 Å². The van der Waals surface area contributed by atoms with Gasteiger partial charge >= 0.3 is 12.4 Å². The summed E-state index contributed by atoms with van der Waals surface area (Å²) in [5.41, 5.74) is 1.37. The zero-order chi connectivity index (χ0) is 32.5. The number of aryl methyl sites for hydroxylation is 1. The number of carbonyl (C=O) groups is 2. The van der Waals surface area contributed by atoms with Crippen LogP contribution in [-0.2, 0) is 23.7 Å². The molecule has 0 spiro atoms. The largest absolute Gasteiger partial charge is 0.416 e. The van der Waals surface area contributed by atoms with Gasteiger partial charge in [-0.1, -0.05) is 24.3 Å². The predicted molar refractivity (Wildman–Crippen MR) is 154 cm³/mol. The molecular formula is C30H31F6N7O2. The molecule has 1 aromatic heterocycles. The smallest absolute Gasteiger partial charge is 0.369 e. The van der Waals surface area contributed by atoms with Crippen molar-refractivity contribution in [1.29, 1.82) is 0 Å². The maximum absolute atomic E-state index is 14.2. The summed E-state index contributed by atoms with van der Waals surface area (Å²) in [5, 5.41) is 4.98. The van der Waals surface area contributed by atoms with Gasteiger partial charge in [0, 0.05) is 58.3 Å². The molecular weight excluding hydrogens is 604 g/mol. The molecule has 1 fully saturated rings. The van der Waals surface area contributed by atoms with E-state index in [1.165, 1.54) is 11.8 Å². The molecule has 9 nitrogen and oxygen atoms in total. The molecule has 3 heterocycles. The second-order valence-electron chi connectivity index (χ2n) is 11.0. The second kappa shape index (κ2) is 12.5. The Morgan fingerprint density at radius 1 is 0.933 bits per heavy atom. The number of piperazine rings is 1. The van der Waals surface area contributed by atoms with Crippen LogP contribution in [0.2, 0.25) is 0 Å². The van der Waals surface area contributed by atoms with E-state index in [4.69, 9.17) is 4.98 Å². The third kappa shape index (κ3) is 7.30. The standard InChI is InChI=1S/C30H31F6N7O2/c1-18-6-3-4-7-23(18)25-24-26(39-28(38-25)41-10-12-43(13-11-41)40-19(2)44)37-8-5-9-42(27(24)45)17-20-14-21(29(31,32)33)16-22(15-20)30(34,35)36/h3-4,6-7,14-16H,5,8-13,17H2,1-2H3,(H,40,44)(H,37,38,39). The van der Waals surface area contributed by atoms with Gasteiger partial charge in [-0.05, 0) is 42.7 Å². The number of hydrogen-bond donors (Lipinski definition) is 2. The van der Waals surface area contributed by atoms with E-state index in [1.54, 1.807) is 17.1 Å². The number of amides is 2. The Balaban J connectivity index is 1.56. The number of nitrogens with zero attached hydrogens (tertiary/aromatic N) is 5. The topological polar surface area (TPSA) is 93.7 Å². The number of fused-ring (bicyclic) bond motifs is 1. The Kier molecular flexibility index (Phi) is 8.92. The minimum Gasteiger partial charge on any atom is -0.369 e. The number of carbonyl (C=O) groups excluding carboxylic acids is 2. The van der Waals surface area contributed by atoms with Crippen molar-refractivity contribution in [1.82, 2.24) is 25.3 Å². The van der Waals surface area contributed by atoms with E-state index in [-0.39, 0.29) is 35.5 Å². The summed E-state index contributed by atoms with van der Waals surface area (Å²) in [7, 11) is 0. The van der Waals surface area contributed by atoms with Crippen LogP contribution < -0.4 is 15.6 Å². The first-order chi connectivity index (χ1) is 21.2. The van der Waals surface area contributed by atoms with Gasteiger partial charge in [-0.25, -0.2) is 9.99 Å². The zero-order valence-electron chi connectivity index (χ0n) is 24.5. The molecule has 0 aliphatic carbocycles. The molecule has 0 radical (unpaired) electrons. The van der Waals surface area contributed by atoms with Gasteiger partial charge in [0.15, 0.2) is 0 Å². The molecule has 45 heavy (non-hydrogen) atoms. The lowest BCUT2D eigenvalue weighted by molar-refractivity contribution is -0.143. The first-order valence-electron chi connectivity index (χ1n) is 14.3. The number of aromatic nitrogens is 2. The average molecular weight is 636 g/mol. The van der Waals surface area contributed by atoms with Crippen LogP contribution in [0.15, 0.2) is 42.5 Å². The van der Waals surface area contributed by atoms with Crippen LogP contribution in [0.4, 0.5) is 38.1 Å². The first-order valence-corrected chi connectivity index (χ1v) is 14.3. The molecule has 0 bridgehead atoms. The highest BCUT2D eigenvalue weighted by Crippen LogP contribution is 2.38. The van der Waals surface area contributed by atoms with Crippen molar-refractivity contribution in [3.8, 4) is 11.3 Å². The quantitative estimate of drug-likeness (QED) is 0.376. The number of hydrazine groups is 1. The van der Waals surface area contributed by atoms with Crippen LogP contribution in [-0.4, -0.2) is 71.0 Å². The Hall–Kier alpha value is -4.40. The monoisotopic (exact) mass is 635 g/mol. The van der Waals surface area contributed by atoms with Gasteiger partial charge in [-0.2, -0.15) is 31.3 Å². The second-order valence-corrected chi connectivity index (χ2v) is 11.0. The average Bonchev–Trinajstić information content (AvgIpc) is 2.96. The minimum atomic E-state index is -5.01. The zero-order valence-corrected chi connectivity index (χ0v) is 24.5. The maximum Gasteiger partial charge on any atom is 0.416 e. The van der Waals surface area contributed by atoms with E-state index in [2.05, 4.69) is 15.7 Å². The third-order valence-corrected chi connectivity index (χ3v) is 7.59. The predicted octanol–water partition coefficient (Wildman–Crippen LogP) is 5.12. The first kappa shape index (κ1) is 32.0. The molecule has 2 amide bonds. The SMILES string of the molecule is CC(=O)NN1CCN(c2nc3c(c(-c4ccccc4C)n2)C(=O)N(Cc2cc(C(F)(F)F)cc(C(F)(F)F)c2)CCCN3)CC1. The molecule has 2 aliphatic rings.